The average Bonchev–Trinajstić information content (AvgIpc) is 2.41. The van der Waals surface area contributed by atoms with Crippen LogP contribution >= 0.6 is 0 Å². The van der Waals surface area contributed by atoms with Crippen molar-refractivity contribution < 1.29 is 4.74 Å². The Bertz CT molecular complexity index is 383. The van der Waals surface area contributed by atoms with Crippen molar-refractivity contribution in [3.63, 3.8) is 0 Å². The van der Waals surface area contributed by atoms with Gasteiger partial charge in [-0.05, 0) is 32.1 Å². The number of benzene rings is 1. The second kappa shape index (κ2) is 6.07. The Morgan fingerprint density at radius 2 is 2.11 bits per heavy atom. The van der Waals surface area contributed by atoms with Gasteiger partial charge in [-0.2, -0.15) is 0 Å². The minimum Gasteiger partial charge on any atom is -0.495 e. The minimum absolute atomic E-state index is 0.536. The van der Waals surface area contributed by atoms with Crippen molar-refractivity contribution in [1.29, 1.82) is 0 Å². The Morgan fingerprint density at radius 1 is 1.33 bits per heavy atom. The summed E-state index contributed by atoms with van der Waals surface area (Å²) in [6.07, 6.45) is 1.04. The Labute approximate surface area is 109 Å². The van der Waals surface area contributed by atoms with E-state index in [1.807, 2.05) is 12.1 Å². The minimum atomic E-state index is 0.536. The molecule has 1 fully saturated rings. The van der Waals surface area contributed by atoms with Crippen molar-refractivity contribution in [2.75, 3.05) is 45.2 Å². The second-order valence-electron chi connectivity index (χ2n) is 4.83. The first kappa shape index (κ1) is 13.2. The molecular weight excluding hydrogens is 226 g/mol. The van der Waals surface area contributed by atoms with E-state index < -0.39 is 0 Å². The lowest BCUT2D eigenvalue weighted by molar-refractivity contribution is 0.210. The molecule has 0 bridgehead atoms. The van der Waals surface area contributed by atoms with Crippen LogP contribution in [0.1, 0.15) is 6.42 Å². The summed E-state index contributed by atoms with van der Waals surface area (Å²) in [4.78, 5) is 4.80. The number of hydrogen-bond donors (Lipinski definition) is 1. The van der Waals surface area contributed by atoms with E-state index in [0.717, 1.165) is 38.3 Å². The third-order valence-electron chi connectivity index (χ3n) is 3.70. The molecule has 1 atom stereocenters. The van der Waals surface area contributed by atoms with Gasteiger partial charge in [-0.15, -0.1) is 0 Å². The summed E-state index contributed by atoms with van der Waals surface area (Å²) < 4.78 is 5.44. The first-order valence-electron chi connectivity index (χ1n) is 6.54. The van der Waals surface area contributed by atoms with Gasteiger partial charge in [0.05, 0.1) is 12.8 Å². The van der Waals surface area contributed by atoms with Crippen molar-refractivity contribution >= 4 is 5.69 Å². The summed E-state index contributed by atoms with van der Waals surface area (Å²) in [7, 11) is 3.91. The fourth-order valence-electron chi connectivity index (χ4n) is 2.56. The van der Waals surface area contributed by atoms with Gasteiger partial charge in [0.2, 0.25) is 0 Å². The van der Waals surface area contributed by atoms with Crippen LogP contribution in [0.5, 0.6) is 5.75 Å². The maximum Gasteiger partial charge on any atom is 0.142 e. The molecule has 2 rings (SSSR count). The van der Waals surface area contributed by atoms with Gasteiger partial charge in [0.15, 0.2) is 0 Å². The van der Waals surface area contributed by atoms with Gasteiger partial charge in [0.1, 0.15) is 5.75 Å². The Kier molecular flexibility index (Phi) is 4.44. The zero-order chi connectivity index (χ0) is 13.0. The number of para-hydroxylation sites is 2. The molecule has 0 aromatic heterocycles. The lowest BCUT2D eigenvalue weighted by Gasteiger charge is -2.41. The van der Waals surface area contributed by atoms with Crippen LogP contribution in [-0.4, -0.2) is 51.3 Å². The molecule has 0 aliphatic carbocycles. The van der Waals surface area contributed by atoms with Crippen LogP contribution in [-0.2, 0) is 0 Å². The summed E-state index contributed by atoms with van der Waals surface area (Å²) in [6, 6.07) is 8.76. The molecule has 1 aromatic carbocycles. The van der Waals surface area contributed by atoms with E-state index in [1.165, 1.54) is 5.69 Å². The van der Waals surface area contributed by atoms with E-state index in [1.54, 1.807) is 7.11 Å². The normalized spacial score (nSPS) is 21.1. The number of nitrogens with two attached hydrogens (primary N) is 1. The van der Waals surface area contributed by atoms with E-state index in [-0.39, 0.29) is 0 Å². The first-order valence-corrected chi connectivity index (χ1v) is 6.54. The zero-order valence-corrected chi connectivity index (χ0v) is 11.3. The number of ether oxygens (including phenoxy) is 1. The van der Waals surface area contributed by atoms with Gasteiger partial charge >= 0.3 is 0 Å². The molecule has 1 aliphatic heterocycles. The highest BCUT2D eigenvalue weighted by molar-refractivity contribution is 5.58. The van der Waals surface area contributed by atoms with E-state index in [4.69, 9.17) is 10.5 Å². The van der Waals surface area contributed by atoms with Crippen LogP contribution < -0.4 is 15.4 Å². The Morgan fingerprint density at radius 3 is 2.83 bits per heavy atom. The molecule has 1 heterocycles. The summed E-state index contributed by atoms with van der Waals surface area (Å²) in [5.41, 5.74) is 6.88. The molecule has 4 heteroatoms. The average molecular weight is 249 g/mol. The van der Waals surface area contributed by atoms with Crippen molar-refractivity contribution in [2.24, 2.45) is 5.73 Å². The van der Waals surface area contributed by atoms with Crippen LogP contribution in [0, 0.1) is 0 Å². The molecule has 0 spiro atoms. The monoisotopic (exact) mass is 249 g/mol. The van der Waals surface area contributed by atoms with Crippen molar-refractivity contribution in [3.05, 3.63) is 24.3 Å². The number of anilines is 1. The summed E-state index contributed by atoms with van der Waals surface area (Å²) in [5.74, 6) is 0.952. The van der Waals surface area contributed by atoms with Crippen LogP contribution in [0.3, 0.4) is 0 Å². The molecule has 4 nitrogen and oxygen atoms in total. The number of nitrogens with zero attached hydrogens (tertiary/aromatic N) is 2. The third kappa shape index (κ3) is 2.76. The molecule has 18 heavy (non-hydrogen) atoms. The van der Waals surface area contributed by atoms with Gasteiger partial charge in [0.25, 0.3) is 0 Å². The number of methoxy groups -OCH3 is 1. The predicted molar refractivity (Wildman–Crippen MR) is 75.3 cm³/mol. The summed E-state index contributed by atoms with van der Waals surface area (Å²) >= 11 is 0. The molecule has 2 N–H and O–H groups in total. The molecule has 100 valence electrons. The lowest BCUT2D eigenvalue weighted by atomic mass is 10.1. The third-order valence-corrected chi connectivity index (χ3v) is 3.70. The molecule has 1 saturated heterocycles. The number of piperazine rings is 1. The Hall–Kier alpha value is -1.26. The number of rotatable bonds is 4. The molecule has 1 aliphatic rings. The van der Waals surface area contributed by atoms with Crippen molar-refractivity contribution in [2.45, 2.75) is 12.5 Å². The van der Waals surface area contributed by atoms with Gasteiger partial charge in [-0.1, -0.05) is 12.1 Å². The SMILES string of the molecule is COc1ccccc1N1CCN(C)C(CCN)C1. The highest BCUT2D eigenvalue weighted by atomic mass is 16.5. The van der Waals surface area contributed by atoms with Crippen LogP contribution in [0.4, 0.5) is 5.69 Å². The maximum atomic E-state index is 5.69. The molecule has 1 unspecified atom stereocenters. The van der Waals surface area contributed by atoms with Crippen LogP contribution in [0.25, 0.3) is 0 Å². The summed E-state index contributed by atoms with van der Waals surface area (Å²) in [5, 5.41) is 0. The largest absolute Gasteiger partial charge is 0.495 e. The first-order chi connectivity index (χ1) is 8.76. The van der Waals surface area contributed by atoms with Gasteiger partial charge in [-0.3, -0.25) is 4.90 Å². The number of hydrogen-bond acceptors (Lipinski definition) is 4. The maximum absolute atomic E-state index is 5.69. The van der Waals surface area contributed by atoms with Gasteiger partial charge in [0, 0.05) is 25.7 Å². The highest BCUT2D eigenvalue weighted by Crippen LogP contribution is 2.29. The second-order valence-corrected chi connectivity index (χ2v) is 4.83. The van der Waals surface area contributed by atoms with E-state index >= 15 is 0 Å². The molecule has 0 saturated carbocycles. The van der Waals surface area contributed by atoms with E-state index in [2.05, 4.69) is 29.0 Å². The molecule has 1 aromatic rings. The van der Waals surface area contributed by atoms with E-state index in [9.17, 15) is 0 Å². The van der Waals surface area contributed by atoms with Gasteiger partial charge in [-0.25, -0.2) is 0 Å². The zero-order valence-electron chi connectivity index (χ0n) is 11.3. The summed E-state index contributed by atoms with van der Waals surface area (Å²) in [6.45, 7) is 3.88. The van der Waals surface area contributed by atoms with Crippen LogP contribution in [0.2, 0.25) is 0 Å². The standard InChI is InChI=1S/C14H23N3O/c1-16-9-10-17(11-12(16)7-8-15)13-5-3-4-6-14(13)18-2/h3-6,12H,7-11,15H2,1-2H3. The Balaban J connectivity index is 2.13. The molecule has 0 radical (unpaired) electrons. The smallest absolute Gasteiger partial charge is 0.142 e. The highest BCUT2D eigenvalue weighted by Gasteiger charge is 2.25. The molecular formula is C14H23N3O. The number of likely N-dealkylation sites (N-methyl/N-ethyl adjacent to an activating group) is 1. The fourth-order valence-corrected chi connectivity index (χ4v) is 2.56. The topological polar surface area (TPSA) is 41.7 Å². The van der Waals surface area contributed by atoms with Crippen molar-refractivity contribution in [1.82, 2.24) is 4.90 Å². The lowest BCUT2D eigenvalue weighted by Crippen LogP contribution is -2.52. The van der Waals surface area contributed by atoms with Crippen molar-refractivity contribution in [3.8, 4) is 5.75 Å². The van der Waals surface area contributed by atoms with Gasteiger partial charge < -0.3 is 15.4 Å². The van der Waals surface area contributed by atoms with Crippen LogP contribution in [0.15, 0.2) is 24.3 Å². The predicted octanol–water partition coefficient (Wildman–Crippen LogP) is 1.16. The fraction of sp³-hybridized carbons (Fsp3) is 0.571. The molecule has 0 amide bonds. The quantitative estimate of drug-likeness (QED) is 0.869. The van der Waals surface area contributed by atoms with E-state index in [0.29, 0.717) is 6.04 Å².